The molecule has 0 aliphatic carbocycles. The van der Waals surface area contributed by atoms with Crippen LogP contribution in [0.1, 0.15) is 0 Å². The quantitative estimate of drug-likeness (QED) is 0.748. The topological polar surface area (TPSA) is 74.2 Å². The van der Waals surface area contributed by atoms with E-state index in [1.807, 2.05) is 0 Å². The number of ether oxygens (including phenoxy) is 1. The Bertz CT molecular complexity index is 786. The predicted molar refractivity (Wildman–Crippen MR) is 76.1 cm³/mol. The fourth-order valence-corrected chi connectivity index (χ4v) is 1.95. The third kappa shape index (κ3) is 2.55. The van der Waals surface area contributed by atoms with E-state index in [1.54, 1.807) is 37.4 Å². The van der Waals surface area contributed by atoms with E-state index in [9.17, 15) is 4.39 Å². The molecular weight excluding hydrogens is 273 g/mol. The molecule has 1 heterocycles. The molecule has 0 saturated carbocycles. The van der Waals surface area contributed by atoms with Gasteiger partial charge >= 0.3 is 0 Å². The lowest BCUT2D eigenvalue weighted by Gasteiger charge is -2.04. The number of nitrogens with zero attached hydrogens (tertiary/aromatic N) is 2. The highest BCUT2D eigenvalue weighted by Gasteiger charge is 2.12. The van der Waals surface area contributed by atoms with Crippen LogP contribution in [-0.2, 0) is 0 Å². The summed E-state index contributed by atoms with van der Waals surface area (Å²) in [6.07, 6.45) is 0. The van der Waals surface area contributed by atoms with Crippen molar-refractivity contribution in [3.05, 3.63) is 48.3 Å². The van der Waals surface area contributed by atoms with Crippen LogP contribution in [0.15, 0.2) is 47.0 Å². The molecule has 21 heavy (non-hydrogen) atoms. The predicted octanol–water partition coefficient (Wildman–Crippen LogP) is 3.13. The van der Waals surface area contributed by atoms with E-state index < -0.39 is 0 Å². The van der Waals surface area contributed by atoms with Crippen LogP contribution >= 0.6 is 0 Å². The molecule has 106 valence electrons. The van der Waals surface area contributed by atoms with Crippen LogP contribution in [0.25, 0.3) is 22.8 Å². The molecule has 2 aromatic carbocycles. The normalized spacial score (nSPS) is 10.6. The first-order valence-electron chi connectivity index (χ1n) is 6.21. The smallest absolute Gasteiger partial charge is 0.258 e. The van der Waals surface area contributed by atoms with Gasteiger partial charge in [0.2, 0.25) is 5.82 Å². The van der Waals surface area contributed by atoms with E-state index in [2.05, 4.69) is 10.1 Å². The monoisotopic (exact) mass is 285 g/mol. The Labute approximate surface area is 120 Å². The molecule has 6 heteroatoms. The van der Waals surface area contributed by atoms with Gasteiger partial charge in [-0.1, -0.05) is 17.3 Å². The second-order valence-electron chi connectivity index (χ2n) is 4.39. The number of nitrogen functional groups attached to an aromatic ring is 1. The molecular formula is C15H12FN3O2. The number of hydrogen-bond donors (Lipinski definition) is 1. The van der Waals surface area contributed by atoms with E-state index in [0.717, 1.165) is 0 Å². The third-order valence-electron chi connectivity index (χ3n) is 2.99. The van der Waals surface area contributed by atoms with Crippen molar-refractivity contribution in [3.63, 3.8) is 0 Å². The van der Waals surface area contributed by atoms with Crippen LogP contribution in [0.4, 0.5) is 10.1 Å². The molecule has 0 unspecified atom stereocenters. The van der Waals surface area contributed by atoms with Crippen molar-refractivity contribution >= 4 is 5.69 Å². The van der Waals surface area contributed by atoms with E-state index in [-0.39, 0.29) is 5.82 Å². The van der Waals surface area contributed by atoms with E-state index >= 15 is 0 Å². The minimum absolute atomic E-state index is 0.309. The molecule has 0 atom stereocenters. The van der Waals surface area contributed by atoms with E-state index in [0.29, 0.717) is 34.3 Å². The highest BCUT2D eigenvalue weighted by molar-refractivity contribution is 5.66. The lowest BCUT2D eigenvalue weighted by Crippen LogP contribution is -1.92. The van der Waals surface area contributed by atoms with Crippen LogP contribution in [0.3, 0.4) is 0 Å². The van der Waals surface area contributed by atoms with E-state index in [4.69, 9.17) is 15.0 Å². The van der Waals surface area contributed by atoms with Gasteiger partial charge in [0.1, 0.15) is 11.6 Å². The molecule has 3 rings (SSSR count). The largest absolute Gasteiger partial charge is 0.495 e. The summed E-state index contributed by atoms with van der Waals surface area (Å²) < 4.78 is 23.5. The Balaban J connectivity index is 1.96. The second-order valence-corrected chi connectivity index (χ2v) is 4.39. The van der Waals surface area contributed by atoms with Crippen molar-refractivity contribution in [1.82, 2.24) is 10.1 Å². The number of aromatic nitrogens is 2. The minimum atomic E-state index is -0.354. The maximum atomic E-state index is 13.2. The second kappa shape index (κ2) is 5.24. The van der Waals surface area contributed by atoms with Gasteiger partial charge in [0.15, 0.2) is 0 Å². The van der Waals surface area contributed by atoms with Gasteiger partial charge in [-0.2, -0.15) is 4.98 Å². The Kier molecular flexibility index (Phi) is 3.27. The summed E-state index contributed by atoms with van der Waals surface area (Å²) in [6, 6.07) is 11.2. The first-order chi connectivity index (χ1) is 10.2. The molecule has 0 aliphatic rings. The summed E-state index contributed by atoms with van der Waals surface area (Å²) >= 11 is 0. The van der Waals surface area contributed by atoms with E-state index in [1.165, 1.54) is 12.1 Å². The van der Waals surface area contributed by atoms with Gasteiger partial charge < -0.3 is 15.0 Å². The van der Waals surface area contributed by atoms with Crippen LogP contribution in [0, 0.1) is 5.82 Å². The van der Waals surface area contributed by atoms with Gasteiger partial charge in [-0.15, -0.1) is 0 Å². The summed E-state index contributed by atoms with van der Waals surface area (Å²) in [5.74, 6) is 0.846. The minimum Gasteiger partial charge on any atom is -0.495 e. The van der Waals surface area contributed by atoms with Crippen LogP contribution in [0.2, 0.25) is 0 Å². The fourth-order valence-electron chi connectivity index (χ4n) is 1.95. The summed E-state index contributed by atoms with van der Waals surface area (Å²) in [5.41, 5.74) is 7.53. The zero-order chi connectivity index (χ0) is 14.8. The first kappa shape index (κ1) is 13.1. The Morgan fingerprint density at radius 3 is 2.71 bits per heavy atom. The number of halogens is 1. The van der Waals surface area contributed by atoms with Gasteiger partial charge in [0, 0.05) is 11.1 Å². The molecule has 0 bridgehead atoms. The highest BCUT2D eigenvalue weighted by atomic mass is 19.1. The van der Waals surface area contributed by atoms with Gasteiger partial charge in [0.25, 0.3) is 5.89 Å². The first-order valence-corrected chi connectivity index (χ1v) is 6.21. The maximum Gasteiger partial charge on any atom is 0.258 e. The summed E-state index contributed by atoms with van der Waals surface area (Å²) in [6.45, 7) is 0. The lowest BCUT2D eigenvalue weighted by atomic mass is 10.2. The number of anilines is 1. The Hall–Kier alpha value is -2.89. The van der Waals surface area contributed by atoms with Crippen LogP contribution in [-0.4, -0.2) is 17.3 Å². The number of rotatable bonds is 3. The van der Waals surface area contributed by atoms with Gasteiger partial charge in [-0.05, 0) is 30.3 Å². The van der Waals surface area contributed by atoms with Crippen molar-refractivity contribution in [2.24, 2.45) is 0 Å². The molecule has 0 spiro atoms. The Morgan fingerprint density at radius 1 is 1.14 bits per heavy atom. The molecule has 0 amide bonds. The maximum absolute atomic E-state index is 13.2. The van der Waals surface area contributed by atoms with Gasteiger partial charge in [0.05, 0.1) is 12.8 Å². The zero-order valence-corrected chi connectivity index (χ0v) is 11.2. The van der Waals surface area contributed by atoms with Gasteiger partial charge in [-0.25, -0.2) is 4.39 Å². The molecule has 1 aromatic heterocycles. The van der Waals surface area contributed by atoms with Crippen molar-refractivity contribution in [2.45, 2.75) is 0 Å². The Morgan fingerprint density at radius 2 is 2.00 bits per heavy atom. The summed E-state index contributed by atoms with van der Waals surface area (Å²) in [7, 11) is 1.54. The molecule has 0 fully saturated rings. The van der Waals surface area contributed by atoms with Crippen LogP contribution in [0.5, 0.6) is 5.75 Å². The van der Waals surface area contributed by atoms with Crippen LogP contribution < -0.4 is 10.5 Å². The molecule has 0 radical (unpaired) electrons. The standard InChI is InChI=1S/C15H12FN3O2/c1-20-13-6-5-10(8-12(13)17)15-18-14(19-21-15)9-3-2-4-11(16)7-9/h2-8H,17H2,1H3. The third-order valence-corrected chi connectivity index (χ3v) is 2.99. The molecule has 0 saturated heterocycles. The van der Waals surface area contributed by atoms with Gasteiger partial charge in [-0.3, -0.25) is 0 Å². The summed E-state index contributed by atoms with van der Waals surface area (Å²) in [5, 5.41) is 3.85. The molecule has 5 nitrogen and oxygen atoms in total. The highest BCUT2D eigenvalue weighted by Crippen LogP contribution is 2.28. The molecule has 3 aromatic rings. The van der Waals surface area contributed by atoms with Crippen molar-refractivity contribution in [2.75, 3.05) is 12.8 Å². The number of nitrogens with two attached hydrogens (primary N) is 1. The van der Waals surface area contributed by atoms with Crippen molar-refractivity contribution < 1.29 is 13.7 Å². The fraction of sp³-hybridized carbons (Fsp3) is 0.0667. The molecule has 0 aliphatic heterocycles. The average molecular weight is 285 g/mol. The number of benzene rings is 2. The average Bonchev–Trinajstić information content (AvgIpc) is 2.97. The summed E-state index contributed by atoms with van der Waals surface area (Å²) in [4.78, 5) is 4.25. The lowest BCUT2D eigenvalue weighted by molar-refractivity contribution is 0.416. The van der Waals surface area contributed by atoms with Crippen molar-refractivity contribution in [1.29, 1.82) is 0 Å². The number of methoxy groups -OCH3 is 1. The zero-order valence-electron chi connectivity index (χ0n) is 11.2. The SMILES string of the molecule is COc1ccc(-c2nc(-c3cccc(F)c3)no2)cc1N. The van der Waals surface area contributed by atoms with Crippen molar-refractivity contribution in [3.8, 4) is 28.6 Å². The molecule has 2 N–H and O–H groups in total. The number of hydrogen-bond acceptors (Lipinski definition) is 5.